The number of para-hydroxylation sites is 2. The van der Waals surface area contributed by atoms with Crippen molar-refractivity contribution in [3.05, 3.63) is 59.6 Å². The van der Waals surface area contributed by atoms with Gasteiger partial charge in [0.1, 0.15) is 0 Å². The number of likely N-dealkylation sites (N-methyl/N-ethyl adjacent to an activating group) is 1. The zero-order chi connectivity index (χ0) is 17.9. The molecule has 0 spiro atoms. The standard InChI is InChI=1S/C21H23N3OS/c1-23(17-9-3-2-4-10-17)20(25)15-24-13-7-8-16(14-24)21-22-18-11-5-6-12-19(18)26-21/h2-6,9-12,16H,7-8,13-15H2,1H3/t16-/m1/s1. The van der Waals surface area contributed by atoms with Crippen LogP contribution >= 0.6 is 11.3 Å². The lowest BCUT2D eigenvalue weighted by Gasteiger charge is -2.32. The highest BCUT2D eigenvalue weighted by Gasteiger charge is 2.26. The first-order valence-electron chi connectivity index (χ1n) is 9.10. The van der Waals surface area contributed by atoms with Gasteiger partial charge in [-0.1, -0.05) is 30.3 Å². The summed E-state index contributed by atoms with van der Waals surface area (Å²) >= 11 is 1.79. The summed E-state index contributed by atoms with van der Waals surface area (Å²) in [5, 5.41) is 1.21. The van der Waals surface area contributed by atoms with E-state index < -0.39 is 0 Å². The molecule has 0 bridgehead atoms. The molecule has 0 radical (unpaired) electrons. The van der Waals surface area contributed by atoms with Crippen molar-refractivity contribution in [1.82, 2.24) is 9.88 Å². The summed E-state index contributed by atoms with van der Waals surface area (Å²) in [5.41, 5.74) is 2.03. The molecule has 2 aromatic carbocycles. The predicted octanol–water partition coefficient (Wildman–Crippen LogP) is 4.14. The highest BCUT2D eigenvalue weighted by atomic mass is 32.1. The maximum absolute atomic E-state index is 12.7. The van der Waals surface area contributed by atoms with Gasteiger partial charge in [-0.05, 0) is 43.7 Å². The van der Waals surface area contributed by atoms with Crippen LogP contribution in [0.2, 0.25) is 0 Å². The van der Waals surface area contributed by atoms with Crippen molar-refractivity contribution in [3.63, 3.8) is 0 Å². The number of likely N-dealkylation sites (tertiary alicyclic amines) is 1. The Kier molecular flexibility index (Phi) is 5.00. The van der Waals surface area contributed by atoms with E-state index in [1.54, 1.807) is 16.2 Å². The van der Waals surface area contributed by atoms with E-state index >= 15 is 0 Å². The van der Waals surface area contributed by atoms with E-state index in [0.29, 0.717) is 12.5 Å². The highest BCUT2D eigenvalue weighted by molar-refractivity contribution is 7.18. The Morgan fingerprint density at radius 1 is 1.19 bits per heavy atom. The highest BCUT2D eigenvalue weighted by Crippen LogP contribution is 2.32. The molecule has 1 aliphatic heterocycles. The van der Waals surface area contributed by atoms with Gasteiger partial charge in [-0.25, -0.2) is 4.98 Å². The van der Waals surface area contributed by atoms with Gasteiger partial charge in [-0.15, -0.1) is 11.3 Å². The first-order chi connectivity index (χ1) is 12.7. The lowest BCUT2D eigenvalue weighted by Crippen LogP contribution is -2.42. The van der Waals surface area contributed by atoms with Gasteiger partial charge in [0, 0.05) is 25.2 Å². The third-order valence-electron chi connectivity index (χ3n) is 5.04. The van der Waals surface area contributed by atoms with Crippen LogP contribution in [0.25, 0.3) is 10.2 Å². The molecule has 1 fully saturated rings. The fraction of sp³-hybridized carbons (Fsp3) is 0.333. The fourth-order valence-electron chi connectivity index (χ4n) is 3.56. The molecule has 1 amide bonds. The van der Waals surface area contributed by atoms with Gasteiger partial charge < -0.3 is 4.90 Å². The number of piperidine rings is 1. The smallest absolute Gasteiger partial charge is 0.240 e. The van der Waals surface area contributed by atoms with Crippen LogP contribution in [0.5, 0.6) is 0 Å². The topological polar surface area (TPSA) is 36.4 Å². The number of hydrogen-bond donors (Lipinski definition) is 0. The molecule has 5 heteroatoms. The lowest BCUT2D eigenvalue weighted by atomic mass is 9.98. The van der Waals surface area contributed by atoms with Gasteiger partial charge >= 0.3 is 0 Å². The van der Waals surface area contributed by atoms with Gasteiger partial charge in [0.05, 0.1) is 21.8 Å². The minimum Gasteiger partial charge on any atom is -0.314 e. The first-order valence-corrected chi connectivity index (χ1v) is 9.92. The third-order valence-corrected chi connectivity index (χ3v) is 6.24. The van der Waals surface area contributed by atoms with Crippen molar-refractivity contribution in [2.75, 3.05) is 31.6 Å². The molecule has 3 aromatic rings. The number of thiazole rings is 1. The number of aromatic nitrogens is 1. The van der Waals surface area contributed by atoms with Crippen molar-refractivity contribution in [2.24, 2.45) is 0 Å². The zero-order valence-electron chi connectivity index (χ0n) is 15.0. The van der Waals surface area contributed by atoms with E-state index in [1.165, 1.54) is 9.71 Å². The van der Waals surface area contributed by atoms with Crippen LogP contribution in [0.3, 0.4) is 0 Å². The normalized spacial score (nSPS) is 18.1. The molecule has 1 atom stereocenters. The summed E-state index contributed by atoms with van der Waals surface area (Å²) in [4.78, 5) is 21.5. The number of hydrogen-bond acceptors (Lipinski definition) is 4. The predicted molar refractivity (Wildman–Crippen MR) is 108 cm³/mol. The Balaban J connectivity index is 1.42. The molecule has 0 aliphatic carbocycles. The molecule has 1 aliphatic rings. The number of amides is 1. The molecule has 1 saturated heterocycles. The van der Waals surface area contributed by atoms with E-state index in [0.717, 1.165) is 37.1 Å². The quantitative estimate of drug-likeness (QED) is 0.697. The van der Waals surface area contributed by atoms with Crippen LogP contribution < -0.4 is 4.90 Å². The Bertz CT molecular complexity index is 859. The van der Waals surface area contributed by atoms with Gasteiger partial charge in [0.2, 0.25) is 5.91 Å². The van der Waals surface area contributed by atoms with Crippen LogP contribution in [0.1, 0.15) is 23.8 Å². The van der Waals surface area contributed by atoms with Crippen LogP contribution in [0.15, 0.2) is 54.6 Å². The van der Waals surface area contributed by atoms with Crippen LogP contribution in [-0.2, 0) is 4.79 Å². The fourth-order valence-corrected chi connectivity index (χ4v) is 4.65. The minimum absolute atomic E-state index is 0.140. The average Bonchev–Trinajstić information content (AvgIpc) is 3.12. The number of benzene rings is 2. The van der Waals surface area contributed by atoms with E-state index in [-0.39, 0.29) is 5.91 Å². The molecule has 2 heterocycles. The van der Waals surface area contributed by atoms with Crippen molar-refractivity contribution in [2.45, 2.75) is 18.8 Å². The number of carbonyl (C=O) groups excluding carboxylic acids is 1. The number of carbonyl (C=O) groups is 1. The number of nitrogens with zero attached hydrogens (tertiary/aromatic N) is 3. The number of rotatable bonds is 4. The van der Waals surface area contributed by atoms with Gasteiger partial charge in [-0.3, -0.25) is 9.69 Å². The second kappa shape index (κ2) is 7.56. The van der Waals surface area contributed by atoms with E-state index in [2.05, 4.69) is 23.1 Å². The van der Waals surface area contributed by atoms with Gasteiger partial charge in [-0.2, -0.15) is 0 Å². The Morgan fingerprint density at radius 2 is 1.96 bits per heavy atom. The Morgan fingerprint density at radius 3 is 2.77 bits per heavy atom. The number of fused-ring (bicyclic) bond motifs is 1. The zero-order valence-corrected chi connectivity index (χ0v) is 15.8. The van der Waals surface area contributed by atoms with Crippen molar-refractivity contribution in [3.8, 4) is 0 Å². The molecule has 4 nitrogen and oxygen atoms in total. The monoisotopic (exact) mass is 365 g/mol. The summed E-state index contributed by atoms with van der Waals surface area (Å²) in [6.07, 6.45) is 2.27. The van der Waals surface area contributed by atoms with E-state index in [4.69, 9.17) is 4.98 Å². The second-order valence-corrected chi connectivity index (χ2v) is 7.94. The van der Waals surface area contributed by atoms with Crippen molar-refractivity contribution in [1.29, 1.82) is 0 Å². The molecular formula is C21H23N3OS. The molecule has 1 aromatic heterocycles. The molecule has 134 valence electrons. The third kappa shape index (κ3) is 3.64. The Labute approximate surface area is 158 Å². The lowest BCUT2D eigenvalue weighted by molar-refractivity contribution is -0.119. The summed E-state index contributed by atoms with van der Waals surface area (Å²) in [6.45, 7) is 2.36. The summed E-state index contributed by atoms with van der Waals surface area (Å²) in [5.74, 6) is 0.567. The SMILES string of the molecule is CN(C(=O)CN1CCC[C@@H](c2nc3ccccc3s2)C1)c1ccccc1. The van der Waals surface area contributed by atoms with Crippen LogP contribution in [0, 0.1) is 0 Å². The molecule has 0 saturated carbocycles. The van der Waals surface area contributed by atoms with Crippen LogP contribution in [-0.4, -0.2) is 42.5 Å². The molecule has 0 unspecified atom stereocenters. The molecule has 4 rings (SSSR count). The minimum atomic E-state index is 0.140. The van der Waals surface area contributed by atoms with Crippen molar-refractivity contribution < 1.29 is 4.79 Å². The largest absolute Gasteiger partial charge is 0.314 e. The number of anilines is 1. The summed E-state index contributed by atoms with van der Waals surface area (Å²) < 4.78 is 1.25. The molecular weight excluding hydrogens is 342 g/mol. The molecule has 26 heavy (non-hydrogen) atoms. The Hall–Kier alpha value is -2.24. The summed E-state index contributed by atoms with van der Waals surface area (Å²) in [7, 11) is 1.85. The average molecular weight is 366 g/mol. The second-order valence-electron chi connectivity index (χ2n) is 6.88. The van der Waals surface area contributed by atoms with Gasteiger partial charge in [0.25, 0.3) is 0 Å². The first kappa shape index (κ1) is 17.2. The van der Waals surface area contributed by atoms with Crippen LogP contribution in [0.4, 0.5) is 5.69 Å². The van der Waals surface area contributed by atoms with E-state index in [1.807, 2.05) is 43.4 Å². The summed E-state index contributed by atoms with van der Waals surface area (Å²) in [6, 6.07) is 18.1. The maximum atomic E-state index is 12.7. The van der Waals surface area contributed by atoms with Gasteiger partial charge in [0.15, 0.2) is 0 Å². The van der Waals surface area contributed by atoms with E-state index in [9.17, 15) is 4.79 Å². The maximum Gasteiger partial charge on any atom is 0.240 e. The molecule has 0 N–H and O–H groups in total. The van der Waals surface area contributed by atoms with Crippen molar-refractivity contribution >= 4 is 33.1 Å².